The number of carbonyl (C=O) groups is 1. The Morgan fingerprint density at radius 1 is 1.19 bits per heavy atom. The van der Waals surface area contributed by atoms with E-state index in [0.29, 0.717) is 11.6 Å². The first-order valence-electron chi connectivity index (χ1n) is 10.1. The molecule has 2 aliphatic rings. The van der Waals surface area contributed by atoms with Crippen LogP contribution in [0.5, 0.6) is 5.75 Å². The molecule has 2 aromatic carbocycles. The number of hydrogen-bond acceptors (Lipinski definition) is 8. The van der Waals surface area contributed by atoms with Crippen molar-refractivity contribution in [1.29, 1.82) is 0 Å². The molecule has 4 rings (SSSR count). The second-order valence-corrected chi connectivity index (χ2v) is 10.1. The fraction of sp³-hybridized carbons (Fsp3) is 0.364. The number of rotatable bonds is 5. The smallest absolute Gasteiger partial charge is 0.230 e. The minimum absolute atomic E-state index is 0.0109. The molecule has 31 heavy (non-hydrogen) atoms. The van der Waals surface area contributed by atoms with Crippen molar-refractivity contribution in [3.63, 3.8) is 0 Å². The van der Waals surface area contributed by atoms with Crippen LogP contribution in [0.4, 0.5) is 5.69 Å². The molecule has 0 aliphatic carbocycles. The van der Waals surface area contributed by atoms with E-state index < -0.39 is 0 Å². The van der Waals surface area contributed by atoms with Gasteiger partial charge < -0.3 is 20.7 Å². The molecule has 0 spiro atoms. The lowest BCUT2D eigenvalue weighted by molar-refractivity contribution is -0.119. The van der Waals surface area contributed by atoms with Crippen LogP contribution in [0.15, 0.2) is 52.5 Å². The van der Waals surface area contributed by atoms with Crippen LogP contribution < -0.4 is 20.7 Å². The number of nitrogens with two attached hydrogens (primary N) is 1. The summed E-state index contributed by atoms with van der Waals surface area (Å²) in [6, 6.07) is 14.1. The monoisotopic (exact) mass is 457 g/mol. The van der Waals surface area contributed by atoms with Crippen molar-refractivity contribution in [1.82, 2.24) is 10.3 Å². The van der Waals surface area contributed by atoms with Crippen molar-refractivity contribution in [3.8, 4) is 5.75 Å². The standard InChI is InChI=1S/C22H27N5O2S2/c1-13(2)29-16-8-6-15(7-9-16)20-27(4)25-22(31-20)24-19(28)12-14-5-10-17-18(11-14)30-21(23)26(17)3/h5-11,13,20-21H,12,23H2,1-4H3,(H,24,25,28). The van der Waals surface area contributed by atoms with E-state index >= 15 is 0 Å². The van der Waals surface area contributed by atoms with E-state index in [1.807, 2.05) is 80.3 Å². The number of nitrogens with zero attached hydrogens (tertiary/aromatic N) is 3. The maximum Gasteiger partial charge on any atom is 0.230 e. The highest BCUT2D eigenvalue weighted by Gasteiger charge is 2.28. The molecule has 9 heteroatoms. The quantitative estimate of drug-likeness (QED) is 0.710. The molecule has 0 radical (unpaired) electrons. The zero-order chi connectivity index (χ0) is 22.1. The van der Waals surface area contributed by atoms with Crippen molar-refractivity contribution >= 4 is 40.3 Å². The molecule has 0 aromatic heterocycles. The van der Waals surface area contributed by atoms with Crippen molar-refractivity contribution in [2.75, 3.05) is 19.0 Å². The number of nitrogens with one attached hydrogen (secondary N) is 1. The maximum absolute atomic E-state index is 12.6. The van der Waals surface area contributed by atoms with Gasteiger partial charge in [-0.15, -0.1) is 0 Å². The van der Waals surface area contributed by atoms with Crippen molar-refractivity contribution in [2.45, 2.75) is 42.1 Å². The van der Waals surface area contributed by atoms with E-state index in [4.69, 9.17) is 10.5 Å². The predicted octanol–water partition coefficient (Wildman–Crippen LogP) is 3.57. The van der Waals surface area contributed by atoms with Crippen LogP contribution in [0.1, 0.15) is 30.3 Å². The van der Waals surface area contributed by atoms with Crippen LogP contribution in [-0.2, 0) is 11.2 Å². The Labute approximate surface area is 191 Å². The van der Waals surface area contributed by atoms with E-state index in [1.165, 1.54) is 11.8 Å². The van der Waals surface area contributed by atoms with Crippen molar-refractivity contribution in [2.24, 2.45) is 10.8 Å². The normalized spacial score (nSPS) is 20.1. The van der Waals surface area contributed by atoms with Crippen molar-refractivity contribution < 1.29 is 9.53 Å². The van der Waals surface area contributed by atoms with Crippen LogP contribution in [-0.4, -0.2) is 41.8 Å². The third kappa shape index (κ3) is 4.94. The van der Waals surface area contributed by atoms with E-state index in [1.54, 1.807) is 11.8 Å². The average molecular weight is 458 g/mol. The summed E-state index contributed by atoms with van der Waals surface area (Å²) in [5, 5.41) is 9.93. The number of amidine groups is 1. The summed E-state index contributed by atoms with van der Waals surface area (Å²) in [5.41, 5.74) is 9.16. The van der Waals surface area contributed by atoms with Crippen molar-refractivity contribution in [3.05, 3.63) is 53.6 Å². The molecular formula is C22H27N5O2S2. The summed E-state index contributed by atoms with van der Waals surface area (Å²) in [7, 11) is 3.88. The Balaban J connectivity index is 1.35. The number of anilines is 1. The fourth-order valence-electron chi connectivity index (χ4n) is 3.47. The molecule has 3 N–H and O–H groups in total. The Morgan fingerprint density at radius 3 is 2.65 bits per heavy atom. The number of carbonyl (C=O) groups excluding carboxylic acids is 1. The molecule has 164 valence electrons. The summed E-state index contributed by atoms with van der Waals surface area (Å²) in [6.07, 6.45) is 0.434. The van der Waals surface area contributed by atoms with Crippen LogP contribution in [0, 0.1) is 0 Å². The summed E-state index contributed by atoms with van der Waals surface area (Å²) in [6.45, 7) is 4.01. The summed E-state index contributed by atoms with van der Waals surface area (Å²) >= 11 is 3.13. The van der Waals surface area contributed by atoms with Gasteiger partial charge in [-0.1, -0.05) is 41.7 Å². The number of thioether (sulfide) groups is 2. The van der Waals surface area contributed by atoms with Gasteiger partial charge in [0.1, 0.15) is 16.6 Å². The minimum Gasteiger partial charge on any atom is -0.491 e. The van der Waals surface area contributed by atoms with Gasteiger partial charge in [0, 0.05) is 19.0 Å². The van der Waals surface area contributed by atoms with Gasteiger partial charge in [0.25, 0.3) is 0 Å². The van der Waals surface area contributed by atoms with E-state index in [0.717, 1.165) is 27.5 Å². The number of hydrazone groups is 1. The average Bonchev–Trinajstić information content (AvgIpc) is 3.20. The number of benzene rings is 2. The van der Waals surface area contributed by atoms with Gasteiger partial charge >= 0.3 is 0 Å². The molecule has 7 nitrogen and oxygen atoms in total. The molecule has 2 atom stereocenters. The summed E-state index contributed by atoms with van der Waals surface area (Å²) in [4.78, 5) is 15.8. The molecule has 0 bridgehead atoms. The predicted molar refractivity (Wildman–Crippen MR) is 128 cm³/mol. The highest BCUT2D eigenvalue weighted by Crippen LogP contribution is 2.41. The SMILES string of the molecule is CC(C)Oc1ccc(C2SC(NC(=O)Cc3ccc4c(c3)SC(N)N4C)=NN2C)cc1. The molecule has 0 saturated heterocycles. The van der Waals surface area contributed by atoms with Gasteiger partial charge in [0.05, 0.1) is 18.2 Å². The van der Waals surface area contributed by atoms with Gasteiger partial charge in [-0.05, 0) is 49.2 Å². The topological polar surface area (TPSA) is 83.2 Å². The largest absolute Gasteiger partial charge is 0.491 e. The fourth-order valence-corrected chi connectivity index (χ4v) is 5.61. The zero-order valence-electron chi connectivity index (χ0n) is 18.0. The van der Waals surface area contributed by atoms with Gasteiger partial charge in [-0.3, -0.25) is 9.80 Å². The molecule has 1 amide bonds. The van der Waals surface area contributed by atoms with Crippen LogP contribution >= 0.6 is 23.5 Å². The Kier molecular flexibility index (Phi) is 6.36. The Morgan fingerprint density at radius 2 is 1.94 bits per heavy atom. The molecular weight excluding hydrogens is 430 g/mol. The molecule has 2 aliphatic heterocycles. The van der Waals surface area contributed by atoms with E-state index in [-0.39, 0.29) is 22.9 Å². The number of amides is 1. The Hall–Kier alpha value is -2.36. The second kappa shape index (κ2) is 9.02. The highest BCUT2D eigenvalue weighted by atomic mass is 32.2. The minimum atomic E-state index is -0.0819. The molecule has 2 aromatic rings. The maximum atomic E-state index is 12.6. The highest BCUT2D eigenvalue weighted by molar-refractivity contribution is 8.14. The van der Waals surface area contributed by atoms with Crippen LogP contribution in [0.2, 0.25) is 0 Å². The van der Waals surface area contributed by atoms with Gasteiger partial charge in [-0.25, -0.2) is 0 Å². The van der Waals surface area contributed by atoms with Gasteiger partial charge in [-0.2, -0.15) is 5.10 Å². The summed E-state index contributed by atoms with van der Waals surface area (Å²) < 4.78 is 5.71. The third-order valence-corrected chi connectivity index (χ3v) is 7.34. The molecule has 0 fully saturated rings. The first-order chi connectivity index (χ1) is 14.8. The molecule has 0 saturated carbocycles. The van der Waals surface area contributed by atoms with Gasteiger partial charge in [0.15, 0.2) is 5.17 Å². The number of hydrogen-bond donors (Lipinski definition) is 2. The number of fused-ring (bicyclic) bond motifs is 1. The second-order valence-electron chi connectivity index (χ2n) is 7.83. The lowest BCUT2D eigenvalue weighted by Gasteiger charge is -2.18. The zero-order valence-corrected chi connectivity index (χ0v) is 19.7. The number of ether oxygens (including phenoxy) is 1. The Bertz CT molecular complexity index is 996. The van der Waals surface area contributed by atoms with E-state index in [9.17, 15) is 4.79 Å². The molecule has 2 unspecified atom stereocenters. The van der Waals surface area contributed by atoms with Crippen LogP contribution in [0.25, 0.3) is 0 Å². The van der Waals surface area contributed by atoms with E-state index in [2.05, 4.69) is 10.4 Å². The molecule has 2 heterocycles. The lowest BCUT2D eigenvalue weighted by atomic mass is 10.1. The third-order valence-electron chi connectivity index (χ3n) is 4.99. The first-order valence-corrected chi connectivity index (χ1v) is 11.9. The first kappa shape index (κ1) is 21.9. The summed E-state index contributed by atoms with van der Waals surface area (Å²) in [5.74, 6) is 0.764. The van der Waals surface area contributed by atoms with Crippen LogP contribution in [0.3, 0.4) is 0 Å². The van der Waals surface area contributed by atoms with Gasteiger partial charge in [0.2, 0.25) is 5.91 Å². The lowest BCUT2D eigenvalue weighted by Crippen LogP contribution is -2.32.